The molecule has 0 aliphatic carbocycles. The van der Waals surface area contributed by atoms with Crippen molar-refractivity contribution in [3.05, 3.63) is 57.6 Å². The Morgan fingerprint density at radius 2 is 1.81 bits per heavy atom. The van der Waals surface area contributed by atoms with Crippen LogP contribution in [0.1, 0.15) is 11.1 Å². The van der Waals surface area contributed by atoms with E-state index >= 15 is 0 Å². The molecular weight excluding hydrogens is 307 g/mol. The van der Waals surface area contributed by atoms with Gasteiger partial charge in [0, 0.05) is 10.7 Å². The summed E-state index contributed by atoms with van der Waals surface area (Å²) in [6.07, 6.45) is 0. The minimum absolute atomic E-state index is 0.159. The predicted molar refractivity (Wildman–Crippen MR) is 89.5 cm³/mol. The molecule has 2 N–H and O–H groups in total. The zero-order valence-electron chi connectivity index (χ0n) is 11.8. The molecule has 2 aromatic rings. The third-order valence-corrected chi connectivity index (χ3v) is 3.59. The highest BCUT2D eigenvalue weighted by Gasteiger charge is 2.07. The summed E-state index contributed by atoms with van der Waals surface area (Å²) in [5.41, 5.74) is 3.74. The van der Waals surface area contributed by atoms with Crippen LogP contribution in [-0.2, 0) is 4.79 Å². The lowest BCUT2D eigenvalue weighted by atomic mass is 10.1. The molecule has 0 radical (unpaired) electrons. The summed E-state index contributed by atoms with van der Waals surface area (Å²) in [7, 11) is 0. The van der Waals surface area contributed by atoms with Gasteiger partial charge in [0.1, 0.15) is 0 Å². The van der Waals surface area contributed by atoms with Gasteiger partial charge in [-0.15, -0.1) is 0 Å². The van der Waals surface area contributed by atoms with Crippen LogP contribution in [0.4, 0.5) is 11.4 Å². The van der Waals surface area contributed by atoms with Crippen LogP contribution in [0.15, 0.2) is 36.4 Å². The standard InChI is InChI=1S/C16H16Cl2N2O/c1-10-3-6-14(11(2)7-10)19-9-16(21)20-15-8-12(17)4-5-13(15)18/h3-8,19H,9H2,1-2H3,(H,20,21). The monoisotopic (exact) mass is 322 g/mol. The summed E-state index contributed by atoms with van der Waals surface area (Å²) in [5, 5.41) is 6.82. The molecule has 0 fully saturated rings. The van der Waals surface area contributed by atoms with Crippen molar-refractivity contribution in [2.75, 3.05) is 17.2 Å². The number of amides is 1. The molecule has 3 nitrogen and oxygen atoms in total. The van der Waals surface area contributed by atoms with Crippen molar-refractivity contribution < 1.29 is 4.79 Å². The van der Waals surface area contributed by atoms with Gasteiger partial charge < -0.3 is 10.6 Å². The van der Waals surface area contributed by atoms with Crippen LogP contribution in [0.2, 0.25) is 10.0 Å². The number of hydrogen-bond donors (Lipinski definition) is 2. The van der Waals surface area contributed by atoms with Gasteiger partial charge in [0.25, 0.3) is 0 Å². The minimum atomic E-state index is -0.181. The number of hydrogen-bond acceptors (Lipinski definition) is 2. The highest BCUT2D eigenvalue weighted by Crippen LogP contribution is 2.25. The van der Waals surface area contributed by atoms with Gasteiger partial charge in [-0.1, -0.05) is 40.9 Å². The van der Waals surface area contributed by atoms with Crippen molar-refractivity contribution in [3.63, 3.8) is 0 Å². The fraction of sp³-hybridized carbons (Fsp3) is 0.188. The first kappa shape index (κ1) is 15.7. The van der Waals surface area contributed by atoms with E-state index in [-0.39, 0.29) is 12.5 Å². The van der Waals surface area contributed by atoms with Crippen molar-refractivity contribution in [2.45, 2.75) is 13.8 Å². The van der Waals surface area contributed by atoms with Crippen LogP contribution < -0.4 is 10.6 Å². The summed E-state index contributed by atoms with van der Waals surface area (Å²) >= 11 is 11.9. The van der Waals surface area contributed by atoms with Crippen LogP contribution in [-0.4, -0.2) is 12.5 Å². The first-order valence-electron chi connectivity index (χ1n) is 6.52. The van der Waals surface area contributed by atoms with Crippen molar-refractivity contribution >= 4 is 40.5 Å². The van der Waals surface area contributed by atoms with Crippen molar-refractivity contribution in [3.8, 4) is 0 Å². The number of aryl methyl sites for hydroxylation is 2. The highest BCUT2D eigenvalue weighted by molar-refractivity contribution is 6.35. The number of rotatable bonds is 4. The van der Waals surface area contributed by atoms with Crippen LogP contribution in [0.5, 0.6) is 0 Å². The van der Waals surface area contributed by atoms with E-state index in [4.69, 9.17) is 23.2 Å². The summed E-state index contributed by atoms with van der Waals surface area (Å²) in [6, 6.07) is 11.0. The van der Waals surface area contributed by atoms with Crippen LogP contribution in [0, 0.1) is 13.8 Å². The molecule has 0 aliphatic heterocycles. The number of carbonyl (C=O) groups excluding carboxylic acids is 1. The van der Waals surface area contributed by atoms with Crippen molar-refractivity contribution in [1.29, 1.82) is 0 Å². The van der Waals surface area contributed by atoms with Crippen molar-refractivity contribution in [1.82, 2.24) is 0 Å². The van der Waals surface area contributed by atoms with E-state index in [1.807, 2.05) is 26.0 Å². The maximum atomic E-state index is 12.0. The largest absolute Gasteiger partial charge is 0.376 e. The molecule has 0 saturated carbocycles. The lowest BCUT2D eigenvalue weighted by molar-refractivity contribution is -0.114. The van der Waals surface area contributed by atoms with Gasteiger partial charge in [-0.25, -0.2) is 0 Å². The SMILES string of the molecule is Cc1ccc(NCC(=O)Nc2cc(Cl)ccc2Cl)c(C)c1. The molecule has 21 heavy (non-hydrogen) atoms. The minimum Gasteiger partial charge on any atom is -0.376 e. The molecule has 1 amide bonds. The maximum absolute atomic E-state index is 12.0. The number of benzene rings is 2. The van der Waals surface area contributed by atoms with Gasteiger partial charge in [-0.3, -0.25) is 4.79 Å². The number of anilines is 2. The Morgan fingerprint density at radius 1 is 1.05 bits per heavy atom. The van der Waals surface area contributed by atoms with Gasteiger partial charge in [0.15, 0.2) is 0 Å². The lowest BCUT2D eigenvalue weighted by Crippen LogP contribution is -2.22. The molecule has 0 spiro atoms. The van der Waals surface area contributed by atoms with Gasteiger partial charge in [-0.05, 0) is 43.7 Å². The molecule has 0 heterocycles. The summed E-state index contributed by atoms with van der Waals surface area (Å²) in [4.78, 5) is 12.0. The third kappa shape index (κ3) is 4.38. The Kier molecular flexibility index (Phi) is 5.10. The lowest BCUT2D eigenvalue weighted by Gasteiger charge is -2.11. The normalized spacial score (nSPS) is 10.3. The van der Waals surface area contributed by atoms with Gasteiger partial charge in [0.05, 0.1) is 17.3 Å². The van der Waals surface area contributed by atoms with E-state index < -0.39 is 0 Å². The Morgan fingerprint density at radius 3 is 2.52 bits per heavy atom. The van der Waals surface area contributed by atoms with E-state index in [0.717, 1.165) is 11.3 Å². The fourth-order valence-electron chi connectivity index (χ4n) is 1.98. The second-order valence-corrected chi connectivity index (χ2v) is 5.69. The van der Waals surface area contributed by atoms with Gasteiger partial charge in [0.2, 0.25) is 5.91 Å². The Balaban J connectivity index is 1.97. The molecule has 0 bridgehead atoms. The maximum Gasteiger partial charge on any atom is 0.243 e. The second-order valence-electron chi connectivity index (χ2n) is 4.84. The molecular formula is C16H16Cl2N2O. The van der Waals surface area contributed by atoms with Gasteiger partial charge in [-0.2, -0.15) is 0 Å². The first-order valence-corrected chi connectivity index (χ1v) is 7.27. The summed E-state index contributed by atoms with van der Waals surface area (Å²) in [5.74, 6) is -0.181. The van der Waals surface area contributed by atoms with Crippen LogP contribution in [0.3, 0.4) is 0 Å². The summed E-state index contributed by atoms with van der Waals surface area (Å²) < 4.78 is 0. The fourth-order valence-corrected chi connectivity index (χ4v) is 2.31. The van der Waals surface area contributed by atoms with E-state index in [2.05, 4.69) is 16.7 Å². The summed E-state index contributed by atoms with van der Waals surface area (Å²) in [6.45, 7) is 4.19. The molecule has 0 aliphatic rings. The van der Waals surface area contributed by atoms with E-state index in [1.165, 1.54) is 5.56 Å². The topological polar surface area (TPSA) is 41.1 Å². The van der Waals surface area contributed by atoms with E-state index in [9.17, 15) is 4.79 Å². The Bertz CT molecular complexity index is 671. The Labute approximate surface area is 134 Å². The molecule has 0 aromatic heterocycles. The second kappa shape index (κ2) is 6.83. The molecule has 2 aromatic carbocycles. The molecule has 5 heteroatoms. The molecule has 110 valence electrons. The van der Waals surface area contributed by atoms with Gasteiger partial charge >= 0.3 is 0 Å². The van der Waals surface area contributed by atoms with E-state index in [1.54, 1.807) is 18.2 Å². The van der Waals surface area contributed by atoms with Crippen LogP contribution in [0.25, 0.3) is 0 Å². The number of halogens is 2. The van der Waals surface area contributed by atoms with Crippen LogP contribution >= 0.6 is 23.2 Å². The average Bonchev–Trinajstić information content (AvgIpc) is 2.42. The number of carbonyl (C=O) groups is 1. The molecule has 0 saturated heterocycles. The predicted octanol–water partition coefficient (Wildman–Crippen LogP) is 4.66. The zero-order valence-corrected chi connectivity index (χ0v) is 13.3. The first-order chi connectivity index (χ1) is 9.95. The molecule has 0 unspecified atom stereocenters. The number of nitrogens with one attached hydrogen (secondary N) is 2. The molecule has 2 rings (SSSR count). The van der Waals surface area contributed by atoms with Crippen molar-refractivity contribution in [2.24, 2.45) is 0 Å². The zero-order chi connectivity index (χ0) is 15.4. The Hall–Kier alpha value is -1.71. The highest BCUT2D eigenvalue weighted by atomic mass is 35.5. The molecule has 0 atom stereocenters. The quantitative estimate of drug-likeness (QED) is 0.859. The van der Waals surface area contributed by atoms with E-state index in [0.29, 0.717) is 15.7 Å². The third-order valence-electron chi connectivity index (χ3n) is 3.02. The average molecular weight is 323 g/mol. The smallest absolute Gasteiger partial charge is 0.243 e.